The average molecular weight is 348 g/mol. The number of carboxylic acid groups (broad SMARTS) is 1. The van der Waals surface area contributed by atoms with Crippen molar-refractivity contribution in [1.29, 1.82) is 0 Å². The van der Waals surface area contributed by atoms with Gasteiger partial charge < -0.3 is 20.5 Å². The number of halogens is 3. The fourth-order valence-electron chi connectivity index (χ4n) is 1.76. The van der Waals surface area contributed by atoms with E-state index in [1.807, 2.05) is 0 Å². The summed E-state index contributed by atoms with van der Waals surface area (Å²) in [6.07, 6.45) is -3.98. The topological polar surface area (TPSA) is 87.7 Å². The molecule has 0 heterocycles. The molecular formula is C15H19F3N2O4. The molecule has 9 heteroatoms. The monoisotopic (exact) mass is 348 g/mol. The predicted molar refractivity (Wildman–Crippen MR) is 79.7 cm³/mol. The lowest BCUT2D eigenvalue weighted by Crippen LogP contribution is -2.44. The van der Waals surface area contributed by atoms with Crippen LogP contribution < -0.4 is 10.6 Å². The Bertz CT molecular complexity index is 547. The molecule has 0 fully saturated rings. The van der Waals surface area contributed by atoms with E-state index in [-0.39, 0.29) is 18.7 Å². The number of rotatable bonds is 8. The molecule has 0 saturated carbocycles. The second-order valence-corrected chi connectivity index (χ2v) is 5.06. The zero-order chi connectivity index (χ0) is 18.2. The van der Waals surface area contributed by atoms with Crippen LogP contribution in [0.15, 0.2) is 24.3 Å². The molecule has 0 saturated heterocycles. The molecule has 0 aliphatic heterocycles. The second kappa shape index (κ2) is 9.11. The van der Waals surface area contributed by atoms with Crippen molar-refractivity contribution in [3.05, 3.63) is 35.4 Å². The maximum Gasteiger partial charge on any atom is 0.411 e. The van der Waals surface area contributed by atoms with Gasteiger partial charge in [0.15, 0.2) is 0 Å². The summed E-state index contributed by atoms with van der Waals surface area (Å²) in [6.45, 7) is 0.275. The van der Waals surface area contributed by atoms with Crippen molar-refractivity contribution in [2.24, 2.45) is 0 Å². The molecule has 3 N–H and O–H groups in total. The Morgan fingerprint density at radius 3 is 2.38 bits per heavy atom. The Morgan fingerprint density at radius 1 is 1.25 bits per heavy atom. The van der Waals surface area contributed by atoms with Gasteiger partial charge in [-0.15, -0.1) is 0 Å². The van der Waals surface area contributed by atoms with Gasteiger partial charge in [0.05, 0.1) is 18.2 Å². The van der Waals surface area contributed by atoms with Crippen molar-refractivity contribution in [3.63, 3.8) is 0 Å². The number of alkyl halides is 3. The van der Waals surface area contributed by atoms with Crippen molar-refractivity contribution < 1.29 is 32.6 Å². The van der Waals surface area contributed by atoms with Crippen molar-refractivity contribution >= 4 is 12.0 Å². The highest BCUT2D eigenvalue weighted by Crippen LogP contribution is 2.14. The highest BCUT2D eigenvalue weighted by atomic mass is 19.4. The number of aromatic carboxylic acids is 1. The molecule has 2 amide bonds. The molecule has 0 radical (unpaired) electrons. The van der Waals surface area contributed by atoms with Gasteiger partial charge in [0.1, 0.15) is 6.61 Å². The molecule has 1 atom stereocenters. The summed E-state index contributed by atoms with van der Waals surface area (Å²) in [5.41, 5.74) is 0.826. The van der Waals surface area contributed by atoms with Gasteiger partial charge in [-0.05, 0) is 24.1 Å². The molecule has 0 aliphatic rings. The maximum absolute atomic E-state index is 12.0. The van der Waals surface area contributed by atoms with Crippen molar-refractivity contribution in [1.82, 2.24) is 10.6 Å². The normalized spacial score (nSPS) is 12.5. The van der Waals surface area contributed by atoms with Gasteiger partial charge >= 0.3 is 18.2 Å². The quantitative estimate of drug-likeness (QED) is 0.674. The first-order chi connectivity index (χ1) is 11.2. The summed E-state index contributed by atoms with van der Waals surface area (Å²) in [4.78, 5) is 22.4. The van der Waals surface area contributed by atoms with Crippen LogP contribution in [0.25, 0.3) is 0 Å². The molecule has 1 aromatic rings. The summed E-state index contributed by atoms with van der Waals surface area (Å²) in [5, 5.41) is 13.8. The third-order valence-corrected chi connectivity index (χ3v) is 3.07. The van der Waals surface area contributed by atoms with Crippen molar-refractivity contribution in [2.75, 3.05) is 13.2 Å². The second-order valence-electron chi connectivity index (χ2n) is 5.06. The first-order valence-electron chi connectivity index (χ1n) is 7.22. The fraction of sp³-hybridized carbons (Fsp3) is 0.467. The third kappa shape index (κ3) is 7.82. The lowest BCUT2D eigenvalue weighted by atomic mass is 10.1. The molecule has 6 nitrogen and oxygen atoms in total. The standard InChI is InChI=1S/C15H19F3N2O4/c1-2-12(8-24-9-15(16,17)18)20-14(23)19-7-10-3-5-11(6-4-10)13(21)22/h3-6,12H,2,7-9H2,1H3,(H,21,22)(H2,19,20,23). The van der Waals surface area contributed by atoms with E-state index in [1.165, 1.54) is 12.1 Å². The van der Waals surface area contributed by atoms with E-state index in [1.54, 1.807) is 19.1 Å². The molecule has 1 unspecified atom stereocenters. The molecule has 1 aromatic carbocycles. The molecule has 0 spiro atoms. The minimum Gasteiger partial charge on any atom is -0.478 e. The minimum absolute atomic E-state index is 0.135. The van der Waals surface area contributed by atoms with Crippen LogP contribution in [-0.2, 0) is 11.3 Å². The Balaban J connectivity index is 2.36. The predicted octanol–water partition coefficient (Wildman–Crippen LogP) is 2.54. The number of ether oxygens (including phenoxy) is 1. The van der Waals surface area contributed by atoms with Crippen LogP contribution in [0.1, 0.15) is 29.3 Å². The van der Waals surface area contributed by atoms with E-state index in [0.29, 0.717) is 12.0 Å². The van der Waals surface area contributed by atoms with E-state index in [2.05, 4.69) is 15.4 Å². The van der Waals surface area contributed by atoms with Crippen LogP contribution in [0.5, 0.6) is 0 Å². The molecule has 1 rings (SSSR count). The third-order valence-electron chi connectivity index (χ3n) is 3.07. The van der Waals surface area contributed by atoms with Crippen LogP contribution in [0, 0.1) is 0 Å². The summed E-state index contributed by atoms with van der Waals surface area (Å²) >= 11 is 0. The SMILES string of the molecule is CCC(COCC(F)(F)F)NC(=O)NCc1ccc(C(=O)O)cc1. The number of carboxylic acids is 1. The van der Waals surface area contributed by atoms with Crippen LogP contribution in [0.2, 0.25) is 0 Å². The van der Waals surface area contributed by atoms with Crippen LogP contribution >= 0.6 is 0 Å². The van der Waals surface area contributed by atoms with Gasteiger partial charge in [-0.3, -0.25) is 0 Å². The zero-order valence-corrected chi connectivity index (χ0v) is 13.0. The van der Waals surface area contributed by atoms with E-state index in [0.717, 1.165) is 0 Å². The van der Waals surface area contributed by atoms with Crippen molar-refractivity contribution in [2.45, 2.75) is 32.1 Å². The minimum atomic E-state index is -4.40. The molecule has 24 heavy (non-hydrogen) atoms. The lowest BCUT2D eigenvalue weighted by Gasteiger charge is -2.18. The van der Waals surface area contributed by atoms with Crippen LogP contribution in [0.3, 0.4) is 0 Å². The van der Waals surface area contributed by atoms with Gasteiger partial charge in [-0.1, -0.05) is 19.1 Å². The number of urea groups is 1. The van der Waals surface area contributed by atoms with Crippen LogP contribution in [0.4, 0.5) is 18.0 Å². The van der Waals surface area contributed by atoms with Crippen LogP contribution in [-0.4, -0.2) is 42.5 Å². The van der Waals surface area contributed by atoms with Gasteiger partial charge in [0.25, 0.3) is 0 Å². The number of hydrogen-bond donors (Lipinski definition) is 3. The number of benzene rings is 1. The average Bonchev–Trinajstić information content (AvgIpc) is 2.51. The van der Waals surface area contributed by atoms with Gasteiger partial charge in [0.2, 0.25) is 0 Å². The Labute approximate surface area is 137 Å². The maximum atomic E-state index is 12.0. The first-order valence-corrected chi connectivity index (χ1v) is 7.22. The summed E-state index contributed by atoms with van der Waals surface area (Å²) in [7, 11) is 0. The zero-order valence-electron chi connectivity index (χ0n) is 13.0. The van der Waals surface area contributed by atoms with E-state index >= 15 is 0 Å². The largest absolute Gasteiger partial charge is 0.478 e. The highest BCUT2D eigenvalue weighted by molar-refractivity contribution is 5.87. The number of hydrogen-bond acceptors (Lipinski definition) is 3. The van der Waals surface area contributed by atoms with E-state index in [9.17, 15) is 22.8 Å². The summed E-state index contributed by atoms with van der Waals surface area (Å²) in [6, 6.07) is 4.87. The summed E-state index contributed by atoms with van der Waals surface area (Å²) < 4.78 is 40.5. The Morgan fingerprint density at radius 2 is 1.88 bits per heavy atom. The highest BCUT2D eigenvalue weighted by Gasteiger charge is 2.27. The van der Waals surface area contributed by atoms with Crippen molar-refractivity contribution in [3.8, 4) is 0 Å². The lowest BCUT2D eigenvalue weighted by molar-refractivity contribution is -0.175. The number of amides is 2. The van der Waals surface area contributed by atoms with E-state index < -0.39 is 30.8 Å². The molecule has 0 aliphatic carbocycles. The number of carbonyl (C=O) groups is 2. The molecule has 0 bridgehead atoms. The number of nitrogens with one attached hydrogen (secondary N) is 2. The van der Waals surface area contributed by atoms with Gasteiger partial charge in [-0.2, -0.15) is 13.2 Å². The van der Waals surface area contributed by atoms with Gasteiger partial charge in [-0.25, -0.2) is 9.59 Å². The van der Waals surface area contributed by atoms with E-state index in [4.69, 9.17) is 5.11 Å². The van der Waals surface area contributed by atoms with Gasteiger partial charge in [0, 0.05) is 6.54 Å². The molecule has 134 valence electrons. The smallest absolute Gasteiger partial charge is 0.411 e. The summed E-state index contributed by atoms with van der Waals surface area (Å²) in [5.74, 6) is -1.04. The first kappa shape index (κ1) is 19.8. The Hall–Kier alpha value is -2.29. The Kier molecular flexibility index (Phi) is 7.50. The molecular weight excluding hydrogens is 329 g/mol. The fourth-order valence-corrected chi connectivity index (χ4v) is 1.76. The molecule has 0 aromatic heterocycles. The number of carbonyl (C=O) groups excluding carboxylic acids is 1.